The van der Waals surface area contributed by atoms with Gasteiger partial charge < -0.3 is 15.1 Å². The lowest BCUT2D eigenvalue weighted by Crippen LogP contribution is -2.63. The number of carbonyl (C=O) groups excluding carboxylic acids is 1. The fourth-order valence-electron chi connectivity index (χ4n) is 3.55. The Morgan fingerprint density at radius 3 is 2.60 bits per heavy atom. The summed E-state index contributed by atoms with van der Waals surface area (Å²) in [5.41, 5.74) is 1.33. The molecule has 1 aromatic rings. The van der Waals surface area contributed by atoms with E-state index in [4.69, 9.17) is 0 Å². The molecule has 1 saturated heterocycles. The van der Waals surface area contributed by atoms with Gasteiger partial charge in [-0.25, -0.2) is 4.79 Å². The predicted octanol–water partition coefficient (Wildman–Crippen LogP) is 2.76. The number of hydrogen-bond acceptors (Lipinski definition) is 5. The first-order chi connectivity index (χ1) is 11.9. The van der Waals surface area contributed by atoms with Crippen LogP contribution in [0.1, 0.15) is 19.4 Å². The van der Waals surface area contributed by atoms with E-state index in [1.165, 1.54) is 22.2 Å². The van der Waals surface area contributed by atoms with Crippen LogP contribution in [0.2, 0.25) is 0 Å². The van der Waals surface area contributed by atoms with Crippen molar-refractivity contribution in [3.63, 3.8) is 0 Å². The number of rotatable bonds is 7. The molecule has 1 amide bonds. The monoisotopic (exact) mass is 379 g/mol. The van der Waals surface area contributed by atoms with Gasteiger partial charge in [-0.1, -0.05) is 37.3 Å². The first-order valence-corrected chi connectivity index (χ1v) is 10.3. The van der Waals surface area contributed by atoms with Crippen molar-refractivity contribution >= 4 is 35.4 Å². The van der Waals surface area contributed by atoms with Crippen molar-refractivity contribution in [1.29, 1.82) is 0 Å². The zero-order valence-electron chi connectivity index (χ0n) is 14.1. The molecule has 7 heteroatoms. The highest BCUT2D eigenvalue weighted by atomic mass is 32.2. The Morgan fingerprint density at radius 1 is 1.32 bits per heavy atom. The van der Waals surface area contributed by atoms with E-state index in [2.05, 4.69) is 12.1 Å². The number of hydrogen-bond donors (Lipinski definition) is 2. The van der Waals surface area contributed by atoms with Crippen LogP contribution in [0.5, 0.6) is 0 Å². The van der Waals surface area contributed by atoms with Crippen molar-refractivity contribution in [1.82, 2.24) is 4.90 Å². The average Bonchev–Trinajstić information content (AvgIpc) is 2.81. The normalized spacial score (nSPS) is 26.4. The van der Waals surface area contributed by atoms with Crippen molar-refractivity contribution in [2.75, 3.05) is 5.08 Å². The van der Waals surface area contributed by atoms with Crippen LogP contribution in [-0.4, -0.2) is 44.2 Å². The first kappa shape index (κ1) is 18.4. The van der Waals surface area contributed by atoms with Crippen LogP contribution >= 0.6 is 23.5 Å². The number of benzene rings is 1. The molecule has 0 radical (unpaired) electrons. The first-order valence-electron chi connectivity index (χ1n) is 8.16. The Labute approximate surface area is 155 Å². The van der Waals surface area contributed by atoms with Crippen LogP contribution in [0.25, 0.3) is 0 Å². The minimum absolute atomic E-state index is 0.0641. The van der Waals surface area contributed by atoms with E-state index in [1.807, 2.05) is 25.1 Å². The van der Waals surface area contributed by atoms with Gasteiger partial charge >= 0.3 is 5.97 Å². The van der Waals surface area contributed by atoms with E-state index in [-0.39, 0.29) is 23.6 Å². The molecule has 3 rings (SSSR count). The molecule has 1 aromatic carbocycles. The van der Waals surface area contributed by atoms with E-state index < -0.39 is 18.0 Å². The molecule has 0 aromatic heterocycles. The number of β-lactam (4-membered cyclic amide) rings is 1. The Bertz CT molecular complexity index is 704. The number of amides is 1. The van der Waals surface area contributed by atoms with Crippen LogP contribution in [0.15, 0.2) is 40.9 Å². The molecule has 2 heterocycles. The average molecular weight is 380 g/mol. The lowest BCUT2D eigenvalue weighted by molar-refractivity contribution is -0.163. The molecule has 2 aliphatic rings. The van der Waals surface area contributed by atoms with Crippen LogP contribution in [0.3, 0.4) is 0 Å². The van der Waals surface area contributed by atoms with Crippen molar-refractivity contribution in [2.45, 2.75) is 31.7 Å². The van der Waals surface area contributed by atoms with Crippen molar-refractivity contribution in [2.24, 2.45) is 11.8 Å². The SMILES string of the molecule is C[C@@H](O)[C@H]1C(=O)N2C(C(=O)O)=C(SCSCc3ccccc3)[C@H](C)[C@H]12. The number of aliphatic hydroxyl groups excluding tert-OH is 1. The summed E-state index contributed by atoms with van der Waals surface area (Å²) in [6.45, 7) is 3.54. The molecule has 5 nitrogen and oxygen atoms in total. The molecule has 2 aliphatic heterocycles. The number of fused-ring (bicyclic) bond motifs is 1. The summed E-state index contributed by atoms with van der Waals surface area (Å²) in [4.78, 5) is 26.1. The quantitative estimate of drug-likeness (QED) is 0.431. The standard InChI is InChI=1S/C18H21NO4S2/c1-10-14-13(11(2)20)17(21)19(14)15(18(22)23)16(10)25-9-24-8-12-6-4-3-5-7-12/h3-7,10-11,13-14,20H,8-9H2,1-2H3,(H,22,23)/t10-,11-,13-,14-/m1/s1. The number of carboxylic acid groups (broad SMARTS) is 1. The molecular formula is C18H21NO4S2. The van der Waals surface area contributed by atoms with E-state index in [0.717, 1.165) is 15.7 Å². The molecule has 0 bridgehead atoms. The maximum absolute atomic E-state index is 12.3. The van der Waals surface area contributed by atoms with Gasteiger partial charge in [0.25, 0.3) is 0 Å². The molecule has 0 aliphatic carbocycles. The fraction of sp³-hybridized carbons (Fsp3) is 0.444. The largest absolute Gasteiger partial charge is 0.477 e. The third-order valence-electron chi connectivity index (χ3n) is 4.72. The molecule has 4 atom stereocenters. The molecule has 1 fully saturated rings. The summed E-state index contributed by atoms with van der Waals surface area (Å²) in [6.07, 6.45) is -0.761. The summed E-state index contributed by atoms with van der Waals surface area (Å²) in [5, 5.41) is 20.1. The fourth-order valence-corrected chi connectivity index (χ4v) is 5.88. The summed E-state index contributed by atoms with van der Waals surface area (Å²) in [6, 6.07) is 9.87. The third-order valence-corrected chi connectivity index (χ3v) is 7.27. The molecule has 25 heavy (non-hydrogen) atoms. The highest BCUT2D eigenvalue weighted by Gasteiger charge is 2.59. The summed E-state index contributed by atoms with van der Waals surface area (Å²) >= 11 is 3.22. The van der Waals surface area contributed by atoms with Crippen molar-refractivity contribution in [3.05, 3.63) is 46.5 Å². The van der Waals surface area contributed by atoms with Gasteiger partial charge in [0.2, 0.25) is 5.91 Å². The van der Waals surface area contributed by atoms with Crippen molar-refractivity contribution in [3.8, 4) is 0 Å². The van der Waals surface area contributed by atoms with Crippen LogP contribution in [0, 0.1) is 11.8 Å². The predicted molar refractivity (Wildman–Crippen MR) is 99.8 cm³/mol. The highest BCUT2D eigenvalue weighted by Crippen LogP contribution is 2.50. The van der Waals surface area contributed by atoms with Crippen LogP contribution < -0.4 is 0 Å². The number of carboxylic acids is 1. The Balaban J connectivity index is 1.67. The van der Waals surface area contributed by atoms with Gasteiger partial charge in [-0.2, -0.15) is 0 Å². The van der Waals surface area contributed by atoms with E-state index in [0.29, 0.717) is 0 Å². The van der Waals surface area contributed by atoms with Gasteiger partial charge in [0.15, 0.2) is 0 Å². The zero-order valence-corrected chi connectivity index (χ0v) is 15.7. The second-order valence-corrected chi connectivity index (χ2v) is 8.74. The van der Waals surface area contributed by atoms with Gasteiger partial charge in [0, 0.05) is 21.7 Å². The van der Waals surface area contributed by atoms with Crippen LogP contribution in [0.4, 0.5) is 0 Å². The number of aliphatic carboxylic acids is 1. The number of aliphatic hydroxyl groups is 1. The number of nitrogens with zero attached hydrogens (tertiary/aromatic N) is 1. The molecule has 2 N–H and O–H groups in total. The van der Waals surface area contributed by atoms with E-state index >= 15 is 0 Å². The second kappa shape index (κ2) is 7.43. The minimum Gasteiger partial charge on any atom is -0.477 e. The lowest BCUT2D eigenvalue weighted by Gasteiger charge is -2.46. The maximum Gasteiger partial charge on any atom is 0.353 e. The topological polar surface area (TPSA) is 77.8 Å². The maximum atomic E-state index is 12.3. The van der Waals surface area contributed by atoms with Gasteiger partial charge in [-0.15, -0.1) is 23.5 Å². The Hall–Kier alpha value is -1.44. The molecule has 134 valence electrons. The molecular weight excluding hydrogens is 358 g/mol. The molecule has 0 unspecified atom stereocenters. The van der Waals surface area contributed by atoms with Gasteiger partial charge in [0.05, 0.1) is 18.1 Å². The van der Waals surface area contributed by atoms with Gasteiger partial charge in [-0.05, 0) is 12.5 Å². The van der Waals surface area contributed by atoms with Gasteiger partial charge in [0.1, 0.15) is 5.70 Å². The second-order valence-electron chi connectivity index (χ2n) is 6.37. The van der Waals surface area contributed by atoms with E-state index in [1.54, 1.807) is 18.7 Å². The Morgan fingerprint density at radius 2 is 2.00 bits per heavy atom. The number of carbonyl (C=O) groups is 2. The smallest absolute Gasteiger partial charge is 0.353 e. The zero-order chi connectivity index (χ0) is 18.1. The van der Waals surface area contributed by atoms with Crippen molar-refractivity contribution < 1.29 is 19.8 Å². The Kier molecular flexibility index (Phi) is 5.46. The summed E-state index contributed by atoms with van der Waals surface area (Å²) in [7, 11) is 0. The van der Waals surface area contributed by atoms with E-state index in [9.17, 15) is 19.8 Å². The number of thioether (sulfide) groups is 2. The van der Waals surface area contributed by atoms with Gasteiger partial charge in [-0.3, -0.25) is 4.79 Å². The minimum atomic E-state index is -1.07. The summed E-state index contributed by atoms with van der Waals surface area (Å²) < 4.78 is 0. The molecule has 0 spiro atoms. The lowest BCUT2D eigenvalue weighted by atomic mass is 9.79. The highest BCUT2D eigenvalue weighted by molar-refractivity contribution is 8.17. The third kappa shape index (κ3) is 3.32. The van der Waals surface area contributed by atoms with Crippen LogP contribution in [-0.2, 0) is 15.3 Å². The molecule has 0 saturated carbocycles. The summed E-state index contributed by atoms with van der Waals surface area (Å²) in [5.74, 6) is -1.05.